The minimum Gasteiger partial charge on any atom is -0.472 e. The minimum absolute atomic E-state index is 0.289. The quantitative estimate of drug-likeness (QED) is 0.757. The van der Waals surface area contributed by atoms with E-state index in [4.69, 9.17) is 16.3 Å². The third-order valence-electron chi connectivity index (χ3n) is 1.89. The number of nitrogens with zero attached hydrogens (tertiary/aromatic N) is 1. The number of aromatic nitrogens is 1. The maximum atomic E-state index is 5.91. The predicted octanol–water partition coefficient (Wildman–Crippen LogP) is 2.62. The molecular formula is C9H10ClNOS. The molecule has 2 rings (SSSR count). The Morgan fingerprint density at radius 2 is 2.54 bits per heavy atom. The van der Waals surface area contributed by atoms with E-state index >= 15 is 0 Å². The summed E-state index contributed by atoms with van der Waals surface area (Å²) < 4.78 is 5.64. The number of hydrogen-bond donors (Lipinski definition) is 0. The molecule has 0 amide bonds. The largest absolute Gasteiger partial charge is 0.472 e. The van der Waals surface area contributed by atoms with Gasteiger partial charge in [-0.05, 0) is 24.3 Å². The number of halogens is 1. The summed E-state index contributed by atoms with van der Waals surface area (Å²) >= 11 is 7.82. The van der Waals surface area contributed by atoms with Gasteiger partial charge in [-0.3, -0.25) is 0 Å². The lowest BCUT2D eigenvalue weighted by atomic mass is 10.3. The molecule has 1 aliphatic rings. The highest BCUT2D eigenvalue weighted by Gasteiger charge is 2.18. The zero-order chi connectivity index (χ0) is 9.10. The number of thioether (sulfide) groups is 1. The molecule has 0 aliphatic carbocycles. The zero-order valence-corrected chi connectivity index (χ0v) is 8.64. The molecular weight excluding hydrogens is 206 g/mol. The Balaban J connectivity index is 2.04. The summed E-state index contributed by atoms with van der Waals surface area (Å²) in [6, 6.07) is 3.60. The first-order valence-corrected chi connectivity index (χ1v) is 5.74. The van der Waals surface area contributed by atoms with Crippen LogP contribution in [-0.2, 0) is 0 Å². The van der Waals surface area contributed by atoms with Crippen molar-refractivity contribution in [3.8, 4) is 5.88 Å². The molecule has 1 fully saturated rings. The van der Waals surface area contributed by atoms with Gasteiger partial charge in [0, 0.05) is 11.9 Å². The van der Waals surface area contributed by atoms with E-state index in [1.54, 1.807) is 18.3 Å². The summed E-state index contributed by atoms with van der Waals surface area (Å²) in [7, 11) is 0. The summed E-state index contributed by atoms with van der Waals surface area (Å²) in [5.41, 5.74) is 0. The van der Waals surface area contributed by atoms with Crippen LogP contribution in [0.5, 0.6) is 5.88 Å². The lowest BCUT2D eigenvalue weighted by Gasteiger charge is -2.11. The smallest absolute Gasteiger partial charge is 0.232 e. The van der Waals surface area contributed by atoms with Crippen LogP contribution in [0.15, 0.2) is 18.3 Å². The van der Waals surface area contributed by atoms with E-state index in [0.717, 1.165) is 12.2 Å². The van der Waals surface area contributed by atoms with E-state index in [0.29, 0.717) is 10.9 Å². The first kappa shape index (κ1) is 9.16. The fourth-order valence-corrected chi connectivity index (χ4v) is 2.48. The van der Waals surface area contributed by atoms with Gasteiger partial charge in [-0.25, -0.2) is 4.98 Å². The fourth-order valence-electron chi connectivity index (χ4n) is 1.22. The van der Waals surface area contributed by atoms with Gasteiger partial charge in [0.2, 0.25) is 5.88 Å². The van der Waals surface area contributed by atoms with E-state index in [1.807, 2.05) is 11.8 Å². The van der Waals surface area contributed by atoms with Crippen molar-refractivity contribution in [3.63, 3.8) is 0 Å². The first-order valence-electron chi connectivity index (χ1n) is 4.21. The minimum atomic E-state index is 0.289. The summed E-state index contributed by atoms with van der Waals surface area (Å²) in [4.78, 5) is 4.08. The maximum absolute atomic E-state index is 5.91. The molecule has 1 aromatic heterocycles. The van der Waals surface area contributed by atoms with Gasteiger partial charge in [0.05, 0.1) is 0 Å². The van der Waals surface area contributed by atoms with Crippen molar-refractivity contribution in [2.24, 2.45) is 0 Å². The van der Waals surface area contributed by atoms with Crippen LogP contribution < -0.4 is 4.74 Å². The molecule has 0 bridgehead atoms. The number of ether oxygens (including phenoxy) is 1. The average molecular weight is 216 g/mol. The highest BCUT2D eigenvalue weighted by atomic mass is 35.5. The fraction of sp³-hybridized carbons (Fsp3) is 0.444. The van der Waals surface area contributed by atoms with Gasteiger partial charge in [-0.2, -0.15) is 11.8 Å². The van der Waals surface area contributed by atoms with Gasteiger partial charge < -0.3 is 4.74 Å². The normalized spacial score (nSPS) is 21.8. The van der Waals surface area contributed by atoms with Crippen LogP contribution in [0.1, 0.15) is 6.42 Å². The van der Waals surface area contributed by atoms with Crippen molar-refractivity contribution in [2.45, 2.75) is 12.5 Å². The molecule has 1 atom stereocenters. The van der Waals surface area contributed by atoms with E-state index < -0.39 is 0 Å². The molecule has 0 aromatic carbocycles. The van der Waals surface area contributed by atoms with Crippen molar-refractivity contribution in [1.29, 1.82) is 0 Å². The molecule has 2 heterocycles. The first-order chi connectivity index (χ1) is 6.36. The summed E-state index contributed by atoms with van der Waals surface area (Å²) in [5.74, 6) is 2.79. The van der Waals surface area contributed by atoms with Crippen molar-refractivity contribution in [1.82, 2.24) is 4.98 Å². The van der Waals surface area contributed by atoms with Gasteiger partial charge in [0.1, 0.15) is 11.1 Å². The molecule has 0 N–H and O–H groups in total. The molecule has 70 valence electrons. The van der Waals surface area contributed by atoms with Crippen LogP contribution in [0, 0.1) is 0 Å². The van der Waals surface area contributed by atoms with E-state index in [2.05, 4.69) is 4.98 Å². The highest BCUT2D eigenvalue weighted by molar-refractivity contribution is 7.99. The second-order valence-corrected chi connectivity index (χ2v) is 4.45. The van der Waals surface area contributed by atoms with Crippen molar-refractivity contribution >= 4 is 23.4 Å². The van der Waals surface area contributed by atoms with Crippen LogP contribution >= 0.6 is 23.4 Å². The molecule has 0 spiro atoms. The Kier molecular flexibility index (Phi) is 2.96. The Hall–Kier alpha value is -0.410. The third-order valence-corrected chi connectivity index (χ3v) is 3.31. The number of hydrogen-bond acceptors (Lipinski definition) is 3. The van der Waals surface area contributed by atoms with Crippen molar-refractivity contribution in [2.75, 3.05) is 11.5 Å². The SMILES string of the molecule is Clc1cccnc1OC1CCSC1. The van der Waals surface area contributed by atoms with Gasteiger partial charge in [-0.15, -0.1) is 0 Å². The lowest BCUT2D eigenvalue weighted by molar-refractivity contribution is 0.220. The summed E-state index contributed by atoms with van der Waals surface area (Å²) in [6.45, 7) is 0. The van der Waals surface area contributed by atoms with Crippen LogP contribution in [-0.4, -0.2) is 22.6 Å². The van der Waals surface area contributed by atoms with Crippen LogP contribution in [0.3, 0.4) is 0 Å². The third kappa shape index (κ3) is 2.29. The lowest BCUT2D eigenvalue weighted by Crippen LogP contribution is -2.15. The van der Waals surface area contributed by atoms with Crippen molar-refractivity contribution in [3.05, 3.63) is 23.4 Å². The number of pyridine rings is 1. The standard InChI is InChI=1S/C9H10ClNOS/c10-8-2-1-4-11-9(8)12-7-3-5-13-6-7/h1-2,4,7H,3,5-6H2. The summed E-state index contributed by atoms with van der Waals surface area (Å²) in [6.07, 6.45) is 3.08. The average Bonchev–Trinajstić information content (AvgIpc) is 2.61. The molecule has 0 radical (unpaired) electrons. The molecule has 0 saturated carbocycles. The highest BCUT2D eigenvalue weighted by Crippen LogP contribution is 2.26. The zero-order valence-electron chi connectivity index (χ0n) is 7.07. The Labute approximate surface area is 86.6 Å². The van der Waals surface area contributed by atoms with Gasteiger partial charge in [-0.1, -0.05) is 11.6 Å². The predicted molar refractivity (Wildman–Crippen MR) is 55.6 cm³/mol. The Bertz CT molecular complexity index is 289. The molecule has 4 heteroatoms. The van der Waals surface area contributed by atoms with E-state index in [1.165, 1.54) is 5.75 Å². The molecule has 1 saturated heterocycles. The Morgan fingerprint density at radius 3 is 3.23 bits per heavy atom. The second kappa shape index (κ2) is 4.20. The van der Waals surface area contributed by atoms with Gasteiger partial charge in [0.25, 0.3) is 0 Å². The topological polar surface area (TPSA) is 22.1 Å². The van der Waals surface area contributed by atoms with E-state index in [9.17, 15) is 0 Å². The van der Waals surface area contributed by atoms with Crippen LogP contribution in [0.25, 0.3) is 0 Å². The van der Waals surface area contributed by atoms with Gasteiger partial charge >= 0.3 is 0 Å². The summed E-state index contributed by atoms with van der Waals surface area (Å²) in [5, 5.41) is 0.597. The molecule has 2 nitrogen and oxygen atoms in total. The van der Waals surface area contributed by atoms with Crippen LogP contribution in [0.4, 0.5) is 0 Å². The van der Waals surface area contributed by atoms with Crippen molar-refractivity contribution < 1.29 is 4.74 Å². The Morgan fingerprint density at radius 1 is 1.62 bits per heavy atom. The maximum Gasteiger partial charge on any atom is 0.232 e. The second-order valence-electron chi connectivity index (χ2n) is 2.89. The molecule has 1 unspecified atom stereocenters. The monoisotopic (exact) mass is 215 g/mol. The van der Waals surface area contributed by atoms with Crippen LogP contribution in [0.2, 0.25) is 5.02 Å². The molecule has 1 aromatic rings. The van der Waals surface area contributed by atoms with E-state index in [-0.39, 0.29) is 6.10 Å². The molecule has 1 aliphatic heterocycles. The molecule has 13 heavy (non-hydrogen) atoms. The van der Waals surface area contributed by atoms with Gasteiger partial charge in [0.15, 0.2) is 0 Å². The number of rotatable bonds is 2.